The van der Waals surface area contributed by atoms with Crippen LogP contribution < -0.4 is 5.32 Å². The van der Waals surface area contributed by atoms with Crippen LogP contribution in [0.2, 0.25) is 0 Å². The summed E-state index contributed by atoms with van der Waals surface area (Å²) in [7, 11) is 0. The molecule has 1 amide bonds. The van der Waals surface area contributed by atoms with Gasteiger partial charge in [-0.3, -0.25) is 4.79 Å². The summed E-state index contributed by atoms with van der Waals surface area (Å²) in [6, 6.07) is -1.17. The lowest BCUT2D eigenvalue weighted by atomic mass is 9.98. The molecular weight excluding hydrogens is 847 g/mol. The maximum Gasteiger partial charge on any atom is 0.249 e. The minimum atomic E-state index is -1.66. The number of ether oxygens (including phenoxy) is 2. The summed E-state index contributed by atoms with van der Waals surface area (Å²) in [4.78, 5) is 13.2. The van der Waals surface area contributed by atoms with Crippen molar-refractivity contribution < 1.29 is 50.0 Å². The van der Waals surface area contributed by atoms with E-state index in [0.29, 0.717) is 19.3 Å². The third-order valence-electron chi connectivity index (χ3n) is 14.1. The molecule has 0 aromatic heterocycles. The number of amides is 1. The Balaban J connectivity index is 2.27. The summed E-state index contributed by atoms with van der Waals surface area (Å²) < 4.78 is 11.1. The third-order valence-corrected chi connectivity index (χ3v) is 14.1. The van der Waals surface area contributed by atoms with E-state index in [1.165, 1.54) is 193 Å². The zero-order valence-electron chi connectivity index (χ0n) is 43.4. The maximum absolute atomic E-state index is 13.2. The minimum absolute atomic E-state index is 0.262. The zero-order chi connectivity index (χ0) is 49.0. The van der Waals surface area contributed by atoms with Crippen LogP contribution in [0.4, 0.5) is 0 Å². The molecule has 11 heteroatoms. The molecular formula is C56H109NO10. The molecule has 9 unspecified atom stereocenters. The van der Waals surface area contributed by atoms with E-state index in [9.17, 15) is 40.5 Å². The maximum atomic E-state index is 13.2. The number of aliphatic hydroxyl groups excluding tert-OH is 7. The van der Waals surface area contributed by atoms with Gasteiger partial charge in [-0.05, 0) is 38.5 Å². The largest absolute Gasteiger partial charge is 0.394 e. The molecule has 0 radical (unpaired) electrons. The Kier molecular flexibility index (Phi) is 43.8. The zero-order valence-corrected chi connectivity index (χ0v) is 43.4. The van der Waals surface area contributed by atoms with Crippen molar-refractivity contribution in [2.24, 2.45) is 0 Å². The van der Waals surface area contributed by atoms with Crippen LogP contribution in [0, 0.1) is 0 Å². The normalized spacial score (nSPS) is 20.6. The van der Waals surface area contributed by atoms with Gasteiger partial charge in [-0.15, -0.1) is 0 Å². The van der Waals surface area contributed by atoms with Gasteiger partial charge >= 0.3 is 0 Å². The van der Waals surface area contributed by atoms with E-state index in [1.54, 1.807) is 0 Å². The molecule has 8 N–H and O–H groups in total. The number of carbonyl (C=O) groups is 1. The van der Waals surface area contributed by atoms with Crippen molar-refractivity contribution in [2.45, 2.75) is 326 Å². The summed E-state index contributed by atoms with van der Waals surface area (Å²) in [5, 5.41) is 76.0. The van der Waals surface area contributed by atoms with Crippen LogP contribution in [0.5, 0.6) is 0 Å². The van der Waals surface area contributed by atoms with E-state index in [4.69, 9.17) is 9.47 Å². The van der Waals surface area contributed by atoms with Crippen molar-refractivity contribution >= 4 is 5.91 Å². The van der Waals surface area contributed by atoms with Crippen molar-refractivity contribution in [1.29, 1.82) is 0 Å². The Hall–Kier alpha value is -1.15. The molecule has 1 aliphatic heterocycles. The van der Waals surface area contributed by atoms with Gasteiger partial charge in [0.05, 0.1) is 25.4 Å². The highest BCUT2D eigenvalue weighted by Crippen LogP contribution is 2.23. The van der Waals surface area contributed by atoms with Gasteiger partial charge in [0.2, 0.25) is 5.91 Å². The predicted molar refractivity (Wildman–Crippen MR) is 275 cm³/mol. The second-order valence-corrected chi connectivity index (χ2v) is 20.4. The van der Waals surface area contributed by atoms with Crippen molar-refractivity contribution in [3.63, 3.8) is 0 Å². The van der Waals surface area contributed by atoms with Crippen LogP contribution in [0.1, 0.15) is 271 Å². The Morgan fingerprint density at radius 1 is 0.507 bits per heavy atom. The second-order valence-electron chi connectivity index (χ2n) is 20.4. The summed E-state index contributed by atoms with van der Waals surface area (Å²) in [6.07, 6.45) is 41.2. The summed E-state index contributed by atoms with van der Waals surface area (Å²) in [5.74, 6) is -0.694. The molecule has 1 heterocycles. The molecule has 0 aromatic carbocycles. The molecule has 11 nitrogen and oxygen atoms in total. The molecule has 398 valence electrons. The van der Waals surface area contributed by atoms with Crippen molar-refractivity contribution in [1.82, 2.24) is 5.32 Å². The number of allylic oxidation sites excluding steroid dienone is 2. The predicted octanol–water partition coefficient (Wildman–Crippen LogP) is 11.6. The van der Waals surface area contributed by atoms with Gasteiger partial charge in [0.1, 0.15) is 36.6 Å². The number of carbonyl (C=O) groups excluding carboxylic acids is 1. The molecule has 0 saturated carbocycles. The Morgan fingerprint density at radius 3 is 1.25 bits per heavy atom. The van der Waals surface area contributed by atoms with Crippen LogP contribution >= 0.6 is 0 Å². The third kappa shape index (κ3) is 34.8. The van der Waals surface area contributed by atoms with E-state index >= 15 is 0 Å². The molecule has 9 atom stereocenters. The van der Waals surface area contributed by atoms with E-state index in [1.807, 2.05) is 0 Å². The van der Waals surface area contributed by atoms with Crippen molar-refractivity contribution in [3.8, 4) is 0 Å². The van der Waals surface area contributed by atoms with Gasteiger partial charge in [0.25, 0.3) is 0 Å². The van der Waals surface area contributed by atoms with E-state index in [0.717, 1.165) is 38.5 Å². The van der Waals surface area contributed by atoms with E-state index < -0.39 is 74.2 Å². The van der Waals surface area contributed by atoms with Crippen LogP contribution in [0.3, 0.4) is 0 Å². The van der Waals surface area contributed by atoms with Gasteiger partial charge in [-0.25, -0.2) is 0 Å². The standard InChI is InChI=1S/C56H109NO10/c1-3-5-7-9-11-13-15-17-19-20-21-22-23-24-25-26-27-28-29-30-32-34-36-38-40-42-44-49(60)55(65)57-47(46-66-56-54(64)53(63)52(62)50(45-58)67-56)51(61)48(59)43-41-39-37-35-33-31-18-16-14-12-10-8-6-4-2/h24-25,47-54,56,58-64H,3-23,26-46H2,1-2H3,(H,57,65)/b25-24-. The van der Waals surface area contributed by atoms with Crippen LogP contribution in [0.25, 0.3) is 0 Å². The van der Waals surface area contributed by atoms with E-state index in [2.05, 4.69) is 31.3 Å². The number of rotatable bonds is 49. The molecule has 0 aliphatic carbocycles. The highest BCUT2D eigenvalue weighted by Gasteiger charge is 2.44. The molecule has 0 aromatic rings. The first-order valence-electron chi connectivity index (χ1n) is 28.6. The van der Waals surface area contributed by atoms with E-state index in [-0.39, 0.29) is 6.42 Å². The second kappa shape index (κ2) is 46.0. The molecule has 1 saturated heterocycles. The van der Waals surface area contributed by atoms with Gasteiger partial charge in [0, 0.05) is 0 Å². The summed E-state index contributed by atoms with van der Waals surface area (Å²) in [6.45, 7) is 3.48. The van der Waals surface area contributed by atoms with Gasteiger partial charge < -0.3 is 50.5 Å². The molecule has 1 rings (SSSR count). The highest BCUT2D eigenvalue weighted by atomic mass is 16.7. The van der Waals surface area contributed by atoms with Crippen molar-refractivity contribution in [2.75, 3.05) is 13.2 Å². The number of hydrogen-bond acceptors (Lipinski definition) is 10. The van der Waals surface area contributed by atoms with Crippen LogP contribution in [-0.4, -0.2) is 110 Å². The lowest BCUT2D eigenvalue weighted by Crippen LogP contribution is -2.60. The first-order valence-corrected chi connectivity index (χ1v) is 28.6. The fourth-order valence-electron chi connectivity index (χ4n) is 9.38. The summed E-state index contributed by atoms with van der Waals surface area (Å²) >= 11 is 0. The van der Waals surface area contributed by atoms with Gasteiger partial charge in [-0.2, -0.15) is 0 Å². The first-order chi connectivity index (χ1) is 32.7. The fraction of sp³-hybridized carbons (Fsp3) is 0.946. The SMILES string of the molecule is CCCCCCCCCCCCCC/C=C\CCCCCCCCCCCCC(O)C(=O)NC(COC1OC(CO)C(O)C(O)C1O)C(O)C(O)CCCCCCCCCCCCCCCC. The first kappa shape index (κ1) is 63.9. The molecule has 0 bridgehead atoms. The smallest absolute Gasteiger partial charge is 0.249 e. The van der Waals surface area contributed by atoms with Gasteiger partial charge in [-0.1, -0.05) is 244 Å². The fourth-order valence-corrected chi connectivity index (χ4v) is 9.38. The average molecular weight is 956 g/mol. The molecule has 1 aliphatic rings. The molecule has 1 fully saturated rings. The highest BCUT2D eigenvalue weighted by molar-refractivity contribution is 5.80. The van der Waals surface area contributed by atoms with Gasteiger partial charge in [0.15, 0.2) is 6.29 Å². The molecule has 0 spiro atoms. The lowest BCUT2D eigenvalue weighted by Gasteiger charge is -2.40. The number of hydrogen-bond donors (Lipinski definition) is 8. The Labute approximate surface area is 411 Å². The average Bonchev–Trinajstić information content (AvgIpc) is 3.33. The molecule has 67 heavy (non-hydrogen) atoms. The summed E-state index contributed by atoms with van der Waals surface area (Å²) in [5.41, 5.74) is 0. The monoisotopic (exact) mass is 956 g/mol. The topological polar surface area (TPSA) is 189 Å². The Morgan fingerprint density at radius 2 is 0.866 bits per heavy atom. The lowest BCUT2D eigenvalue weighted by molar-refractivity contribution is -0.303. The van der Waals surface area contributed by atoms with Crippen LogP contribution in [-0.2, 0) is 14.3 Å². The minimum Gasteiger partial charge on any atom is -0.394 e. The number of unbranched alkanes of at least 4 members (excludes halogenated alkanes) is 35. The quantitative estimate of drug-likeness (QED) is 0.0215. The number of nitrogens with one attached hydrogen (secondary N) is 1. The van der Waals surface area contributed by atoms with Crippen molar-refractivity contribution in [3.05, 3.63) is 12.2 Å². The Bertz CT molecular complexity index is 1100. The van der Waals surface area contributed by atoms with Crippen LogP contribution in [0.15, 0.2) is 12.2 Å². The number of aliphatic hydroxyl groups is 7.